The maximum absolute atomic E-state index is 9.93. The highest BCUT2D eigenvalue weighted by Gasteiger charge is 2.38. The van der Waals surface area contributed by atoms with Gasteiger partial charge in [0.2, 0.25) is 0 Å². The van der Waals surface area contributed by atoms with Crippen LogP contribution in [0.4, 0.5) is 0 Å². The summed E-state index contributed by atoms with van der Waals surface area (Å²) < 4.78 is 0. The highest BCUT2D eigenvalue weighted by atomic mass is 16.3. The molecule has 0 aromatic rings. The van der Waals surface area contributed by atoms with E-state index in [0.29, 0.717) is 6.04 Å². The normalized spacial score (nSPS) is 32.7. The average Bonchev–Trinajstić information content (AvgIpc) is 2.53. The summed E-state index contributed by atoms with van der Waals surface area (Å²) in [6.07, 6.45) is 8.47. The molecule has 2 atom stereocenters. The second-order valence-corrected chi connectivity index (χ2v) is 7.32. The second-order valence-electron chi connectivity index (χ2n) is 7.32. The van der Waals surface area contributed by atoms with Gasteiger partial charge in [-0.3, -0.25) is 0 Å². The van der Waals surface area contributed by atoms with E-state index in [-0.39, 0.29) is 12.1 Å². The molecule has 2 N–H and O–H groups in total. The molecule has 0 radical (unpaired) electrons. The van der Waals surface area contributed by atoms with Gasteiger partial charge in [0, 0.05) is 17.6 Å². The minimum atomic E-state index is -0.0291. The van der Waals surface area contributed by atoms with E-state index in [1.165, 1.54) is 38.8 Å². The third kappa shape index (κ3) is 4.41. The van der Waals surface area contributed by atoms with E-state index in [2.05, 4.69) is 36.1 Å². The van der Waals surface area contributed by atoms with E-state index in [0.717, 1.165) is 31.8 Å². The van der Waals surface area contributed by atoms with E-state index >= 15 is 0 Å². The first-order valence-electron chi connectivity index (χ1n) is 8.86. The Hall–Kier alpha value is -0.160. The topological polar surface area (TPSA) is 38.7 Å². The molecule has 124 valence electrons. The average molecular weight is 297 g/mol. The zero-order chi connectivity index (χ0) is 15.3. The number of piperidine rings is 1. The summed E-state index contributed by atoms with van der Waals surface area (Å²) in [7, 11) is 4.54. The number of likely N-dealkylation sites (tertiary alicyclic amines) is 1. The fourth-order valence-electron chi connectivity index (χ4n) is 4.13. The fourth-order valence-corrected chi connectivity index (χ4v) is 4.13. The molecule has 2 aliphatic rings. The van der Waals surface area contributed by atoms with Crippen molar-refractivity contribution >= 4 is 0 Å². The smallest absolute Gasteiger partial charge is 0.0613 e. The first-order valence-corrected chi connectivity index (χ1v) is 8.86. The lowest BCUT2D eigenvalue weighted by Crippen LogP contribution is -2.57. The molecule has 0 aromatic carbocycles. The highest BCUT2D eigenvalue weighted by molar-refractivity contribution is 4.97. The van der Waals surface area contributed by atoms with Crippen molar-refractivity contribution < 1.29 is 5.11 Å². The van der Waals surface area contributed by atoms with Crippen molar-refractivity contribution in [3.05, 3.63) is 0 Å². The van der Waals surface area contributed by atoms with Crippen molar-refractivity contribution in [2.24, 2.45) is 0 Å². The SMILES string of the molecule is CCCNC1(CO)CCCC(N(C)C2CCN(C)CC2)C1. The Bertz CT molecular complexity index is 304. The number of aliphatic hydroxyl groups excluding tert-OH is 1. The Morgan fingerprint density at radius 2 is 1.95 bits per heavy atom. The van der Waals surface area contributed by atoms with Crippen LogP contribution < -0.4 is 5.32 Å². The van der Waals surface area contributed by atoms with Gasteiger partial charge < -0.3 is 20.2 Å². The molecule has 2 unspecified atom stereocenters. The van der Waals surface area contributed by atoms with Crippen LogP contribution >= 0.6 is 0 Å². The lowest BCUT2D eigenvalue weighted by molar-refractivity contribution is 0.0368. The zero-order valence-corrected chi connectivity index (χ0v) is 14.3. The standard InChI is InChI=1S/C17H35N3O/c1-4-10-18-17(14-21)9-5-6-16(13-17)20(3)15-7-11-19(2)12-8-15/h15-16,18,21H,4-14H2,1-3H3. The molecule has 1 saturated carbocycles. The molecule has 2 rings (SSSR count). The maximum atomic E-state index is 9.93. The molecule has 0 amide bonds. The molecule has 21 heavy (non-hydrogen) atoms. The van der Waals surface area contributed by atoms with Crippen LogP contribution in [0, 0.1) is 0 Å². The minimum Gasteiger partial charge on any atom is -0.394 e. The van der Waals surface area contributed by atoms with Crippen molar-refractivity contribution in [1.82, 2.24) is 15.1 Å². The fraction of sp³-hybridized carbons (Fsp3) is 1.00. The van der Waals surface area contributed by atoms with Crippen LogP contribution in [-0.4, -0.2) is 72.9 Å². The number of nitrogens with zero attached hydrogens (tertiary/aromatic N) is 2. The molecule has 4 heteroatoms. The number of aliphatic hydroxyl groups is 1. The lowest BCUT2D eigenvalue weighted by Gasteiger charge is -2.47. The van der Waals surface area contributed by atoms with E-state index in [9.17, 15) is 5.11 Å². The summed E-state index contributed by atoms with van der Waals surface area (Å²) in [5.41, 5.74) is -0.0291. The summed E-state index contributed by atoms with van der Waals surface area (Å²) in [5.74, 6) is 0. The Balaban J connectivity index is 1.92. The molecule has 1 aliphatic heterocycles. The van der Waals surface area contributed by atoms with Crippen LogP contribution in [0.25, 0.3) is 0 Å². The van der Waals surface area contributed by atoms with Crippen molar-refractivity contribution in [2.75, 3.05) is 40.3 Å². The van der Waals surface area contributed by atoms with Gasteiger partial charge in [-0.05, 0) is 78.7 Å². The quantitative estimate of drug-likeness (QED) is 0.782. The number of hydrogen-bond acceptors (Lipinski definition) is 4. The van der Waals surface area contributed by atoms with Gasteiger partial charge in [-0.25, -0.2) is 0 Å². The van der Waals surface area contributed by atoms with Gasteiger partial charge in [-0.1, -0.05) is 6.92 Å². The lowest BCUT2D eigenvalue weighted by atomic mass is 9.78. The van der Waals surface area contributed by atoms with Gasteiger partial charge in [0.1, 0.15) is 0 Å². The maximum Gasteiger partial charge on any atom is 0.0613 e. The molecule has 0 spiro atoms. The van der Waals surface area contributed by atoms with Crippen molar-refractivity contribution in [3.8, 4) is 0 Å². The van der Waals surface area contributed by atoms with Crippen LogP contribution in [0.3, 0.4) is 0 Å². The van der Waals surface area contributed by atoms with E-state index in [1.807, 2.05) is 0 Å². The Kier molecular flexibility index (Phi) is 6.48. The van der Waals surface area contributed by atoms with Crippen molar-refractivity contribution in [1.29, 1.82) is 0 Å². The molecule has 1 aliphatic carbocycles. The van der Waals surface area contributed by atoms with Crippen LogP contribution in [-0.2, 0) is 0 Å². The summed E-state index contributed by atoms with van der Waals surface area (Å²) >= 11 is 0. The molecule has 0 aromatic heterocycles. The van der Waals surface area contributed by atoms with Crippen molar-refractivity contribution in [3.63, 3.8) is 0 Å². The Morgan fingerprint density at radius 1 is 1.24 bits per heavy atom. The number of nitrogens with one attached hydrogen (secondary N) is 1. The van der Waals surface area contributed by atoms with Crippen LogP contribution in [0.2, 0.25) is 0 Å². The van der Waals surface area contributed by atoms with E-state index < -0.39 is 0 Å². The van der Waals surface area contributed by atoms with Crippen LogP contribution in [0.5, 0.6) is 0 Å². The summed E-state index contributed by atoms with van der Waals surface area (Å²) in [4.78, 5) is 5.07. The summed E-state index contributed by atoms with van der Waals surface area (Å²) in [5, 5.41) is 13.6. The molecule has 4 nitrogen and oxygen atoms in total. The van der Waals surface area contributed by atoms with Gasteiger partial charge in [0.05, 0.1) is 6.61 Å². The van der Waals surface area contributed by atoms with Gasteiger partial charge in [-0.15, -0.1) is 0 Å². The highest BCUT2D eigenvalue weighted by Crippen LogP contribution is 2.32. The van der Waals surface area contributed by atoms with Gasteiger partial charge in [0.15, 0.2) is 0 Å². The molecule has 0 bridgehead atoms. The largest absolute Gasteiger partial charge is 0.394 e. The Labute approximate surface area is 130 Å². The van der Waals surface area contributed by atoms with E-state index in [4.69, 9.17) is 0 Å². The second kappa shape index (κ2) is 7.91. The first kappa shape index (κ1) is 17.2. The van der Waals surface area contributed by atoms with Gasteiger partial charge in [-0.2, -0.15) is 0 Å². The molecule has 1 saturated heterocycles. The Morgan fingerprint density at radius 3 is 2.57 bits per heavy atom. The van der Waals surface area contributed by atoms with E-state index in [1.54, 1.807) is 0 Å². The predicted octanol–water partition coefficient (Wildman–Crippen LogP) is 1.69. The van der Waals surface area contributed by atoms with Crippen molar-refractivity contribution in [2.45, 2.75) is 69.5 Å². The first-order chi connectivity index (χ1) is 10.1. The van der Waals surface area contributed by atoms with Crippen LogP contribution in [0.15, 0.2) is 0 Å². The third-order valence-electron chi connectivity index (χ3n) is 5.71. The zero-order valence-electron chi connectivity index (χ0n) is 14.3. The minimum absolute atomic E-state index is 0.0291. The number of rotatable bonds is 6. The van der Waals surface area contributed by atoms with Gasteiger partial charge >= 0.3 is 0 Å². The summed E-state index contributed by atoms with van der Waals surface area (Å²) in [6.45, 7) is 5.95. The predicted molar refractivity (Wildman–Crippen MR) is 88.6 cm³/mol. The monoisotopic (exact) mass is 297 g/mol. The summed E-state index contributed by atoms with van der Waals surface area (Å²) in [6, 6.07) is 1.36. The molecular weight excluding hydrogens is 262 g/mol. The number of hydrogen-bond donors (Lipinski definition) is 2. The third-order valence-corrected chi connectivity index (χ3v) is 5.71. The molecular formula is C17H35N3O. The molecule has 1 heterocycles. The van der Waals surface area contributed by atoms with Crippen LogP contribution in [0.1, 0.15) is 51.9 Å². The van der Waals surface area contributed by atoms with Gasteiger partial charge in [0.25, 0.3) is 0 Å². The molecule has 2 fully saturated rings.